The lowest BCUT2D eigenvalue weighted by molar-refractivity contribution is 0.855. The zero-order valence-corrected chi connectivity index (χ0v) is 9.85. The maximum atomic E-state index is 4.33. The molecule has 0 saturated carbocycles. The molecule has 0 nitrogen and oxygen atoms in total. The summed E-state index contributed by atoms with van der Waals surface area (Å²) in [6.07, 6.45) is 0. The Labute approximate surface area is 90.0 Å². The van der Waals surface area contributed by atoms with Crippen molar-refractivity contribution in [3.05, 3.63) is 0 Å². The fourth-order valence-electron chi connectivity index (χ4n) is 0.472. The Hall–Kier alpha value is 1.75. The minimum atomic E-state index is 0.168. The monoisotopic (exact) mass is 232 g/mol. The van der Waals surface area contributed by atoms with Gasteiger partial charge in [0.1, 0.15) is 0 Å². The fourth-order valence-corrected chi connectivity index (χ4v) is 2.02. The molecule has 0 aliphatic carbocycles. The van der Waals surface area contributed by atoms with Gasteiger partial charge in [-0.25, -0.2) is 0 Å². The second kappa shape index (κ2) is 6.29. The minimum Gasteiger partial charge on any atom is -0.178 e. The molecule has 0 aromatic carbocycles. The Bertz CT molecular complexity index is 76.1. The number of hydrogen-bond donors (Lipinski definition) is 5. The van der Waals surface area contributed by atoms with Gasteiger partial charge in [0.25, 0.3) is 0 Å². The predicted octanol–water partition coefficient (Wildman–Crippen LogP) is 1.74. The molecule has 10 heavy (non-hydrogen) atoms. The molecule has 0 fully saturated rings. The van der Waals surface area contributed by atoms with E-state index in [0.29, 0.717) is 0 Å². The van der Waals surface area contributed by atoms with Crippen LogP contribution in [-0.4, -0.2) is 27.3 Å². The lowest BCUT2D eigenvalue weighted by Gasteiger charge is -2.20. The molecule has 0 amide bonds. The van der Waals surface area contributed by atoms with Crippen LogP contribution in [0, 0.1) is 0 Å². The summed E-state index contributed by atoms with van der Waals surface area (Å²) in [5.74, 6) is 1.45. The van der Waals surface area contributed by atoms with Crippen LogP contribution >= 0.6 is 63.1 Å². The molecule has 0 rings (SSSR count). The average Bonchev–Trinajstić information content (AvgIpc) is 2.00. The van der Waals surface area contributed by atoms with E-state index >= 15 is 0 Å². The molecule has 62 valence electrons. The highest BCUT2D eigenvalue weighted by molar-refractivity contribution is 7.89. The van der Waals surface area contributed by atoms with Crippen molar-refractivity contribution in [3.8, 4) is 0 Å². The standard InChI is InChI=1S/C5H12S5/c6-1-3(8)5(10)4(9)2-7/h3-10H,1-2H2. The lowest BCUT2D eigenvalue weighted by Crippen LogP contribution is -2.28. The normalized spacial score (nSPS) is 20.1. The summed E-state index contributed by atoms with van der Waals surface area (Å²) in [5, 5.41) is 0.560. The number of thiol groups is 5. The van der Waals surface area contributed by atoms with Crippen LogP contribution in [0.4, 0.5) is 0 Å². The summed E-state index contributed by atoms with van der Waals surface area (Å²) in [4.78, 5) is 0. The molecular formula is C5H12S5. The van der Waals surface area contributed by atoms with Crippen LogP contribution in [0.2, 0.25) is 0 Å². The minimum absolute atomic E-state index is 0.168. The molecule has 0 N–H and O–H groups in total. The van der Waals surface area contributed by atoms with Gasteiger partial charge in [0.15, 0.2) is 0 Å². The van der Waals surface area contributed by atoms with Crippen molar-refractivity contribution in [2.24, 2.45) is 0 Å². The first kappa shape index (κ1) is 11.8. The van der Waals surface area contributed by atoms with Gasteiger partial charge >= 0.3 is 0 Å². The third-order valence-corrected chi connectivity index (χ3v) is 4.72. The van der Waals surface area contributed by atoms with Crippen LogP contribution in [0.25, 0.3) is 0 Å². The number of hydrogen-bond acceptors (Lipinski definition) is 5. The molecule has 0 spiro atoms. The van der Waals surface area contributed by atoms with Crippen LogP contribution in [0.15, 0.2) is 0 Å². The van der Waals surface area contributed by atoms with Gasteiger partial charge in [-0.15, -0.1) is 0 Å². The average molecular weight is 232 g/mol. The molecular weight excluding hydrogens is 220 g/mol. The topological polar surface area (TPSA) is 0 Å². The summed E-state index contributed by atoms with van der Waals surface area (Å²) >= 11 is 21.1. The second-order valence-electron chi connectivity index (χ2n) is 1.99. The first-order valence-electron chi connectivity index (χ1n) is 2.89. The summed E-state index contributed by atoms with van der Waals surface area (Å²) < 4.78 is 0. The highest BCUT2D eigenvalue weighted by Gasteiger charge is 2.18. The number of rotatable bonds is 4. The zero-order chi connectivity index (χ0) is 8.15. The van der Waals surface area contributed by atoms with E-state index in [-0.39, 0.29) is 15.7 Å². The van der Waals surface area contributed by atoms with Gasteiger partial charge < -0.3 is 0 Å². The Kier molecular flexibility index (Phi) is 7.39. The van der Waals surface area contributed by atoms with E-state index in [1.54, 1.807) is 0 Å². The van der Waals surface area contributed by atoms with Gasteiger partial charge in [-0.05, 0) is 0 Å². The van der Waals surface area contributed by atoms with Gasteiger partial charge in [0.05, 0.1) is 0 Å². The molecule has 0 aromatic rings. The first-order chi connectivity index (χ1) is 4.63. The van der Waals surface area contributed by atoms with E-state index in [1.165, 1.54) is 0 Å². The Morgan fingerprint density at radius 3 is 1.30 bits per heavy atom. The Morgan fingerprint density at radius 2 is 1.10 bits per heavy atom. The molecule has 2 unspecified atom stereocenters. The lowest BCUT2D eigenvalue weighted by atomic mass is 10.2. The first-order valence-corrected chi connectivity index (χ1v) is 5.70. The zero-order valence-electron chi connectivity index (χ0n) is 5.38. The van der Waals surface area contributed by atoms with Gasteiger partial charge in [0.2, 0.25) is 0 Å². The van der Waals surface area contributed by atoms with Crippen molar-refractivity contribution in [1.29, 1.82) is 0 Å². The maximum Gasteiger partial charge on any atom is 0.0265 e. The van der Waals surface area contributed by atoms with Crippen molar-refractivity contribution in [3.63, 3.8) is 0 Å². The van der Waals surface area contributed by atoms with Crippen LogP contribution < -0.4 is 0 Å². The molecule has 0 aliphatic rings. The molecule has 0 heterocycles. The van der Waals surface area contributed by atoms with Crippen molar-refractivity contribution in [1.82, 2.24) is 0 Å². The maximum absolute atomic E-state index is 4.33. The third-order valence-electron chi connectivity index (χ3n) is 1.16. The van der Waals surface area contributed by atoms with Gasteiger partial charge in [-0.3, -0.25) is 0 Å². The van der Waals surface area contributed by atoms with Crippen molar-refractivity contribution in [2.75, 3.05) is 11.5 Å². The van der Waals surface area contributed by atoms with Crippen molar-refractivity contribution < 1.29 is 0 Å². The van der Waals surface area contributed by atoms with Crippen LogP contribution in [0.5, 0.6) is 0 Å². The van der Waals surface area contributed by atoms with Gasteiger partial charge in [0, 0.05) is 27.3 Å². The molecule has 2 atom stereocenters. The summed E-state index contributed by atoms with van der Waals surface area (Å²) in [5.41, 5.74) is 0. The van der Waals surface area contributed by atoms with Crippen LogP contribution in [-0.2, 0) is 0 Å². The fraction of sp³-hybridized carbons (Fsp3) is 1.00. The molecule has 5 heteroatoms. The summed E-state index contributed by atoms with van der Waals surface area (Å²) in [6.45, 7) is 0. The Morgan fingerprint density at radius 1 is 0.800 bits per heavy atom. The SMILES string of the molecule is SCC(S)C(S)C(S)CS. The smallest absolute Gasteiger partial charge is 0.0265 e. The van der Waals surface area contributed by atoms with Crippen LogP contribution in [0.1, 0.15) is 0 Å². The summed E-state index contributed by atoms with van der Waals surface area (Å²) in [7, 11) is 0. The van der Waals surface area contributed by atoms with E-state index in [9.17, 15) is 0 Å². The third kappa shape index (κ3) is 3.95. The van der Waals surface area contributed by atoms with Crippen LogP contribution in [0.3, 0.4) is 0 Å². The van der Waals surface area contributed by atoms with Crippen molar-refractivity contribution >= 4 is 63.1 Å². The largest absolute Gasteiger partial charge is 0.178 e. The second-order valence-corrected chi connectivity index (χ2v) is 4.64. The highest BCUT2D eigenvalue weighted by atomic mass is 32.1. The van der Waals surface area contributed by atoms with Gasteiger partial charge in [-0.1, -0.05) is 0 Å². The quantitative estimate of drug-likeness (QED) is 0.448. The molecule has 0 bridgehead atoms. The predicted molar refractivity (Wildman–Crippen MR) is 66.0 cm³/mol. The summed E-state index contributed by atoms with van der Waals surface area (Å²) in [6, 6.07) is 0. The van der Waals surface area contributed by atoms with E-state index in [1.807, 2.05) is 0 Å². The molecule has 0 aromatic heterocycles. The molecule has 0 saturated heterocycles. The van der Waals surface area contributed by atoms with E-state index < -0.39 is 0 Å². The van der Waals surface area contributed by atoms with Crippen molar-refractivity contribution in [2.45, 2.75) is 15.7 Å². The van der Waals surface area contributed by atoms with E-state index in [4.69, 9.17) is 0 Å². The van der Waals surface area contributed by atoms with Gasteiger partial charge in [-0.2, -0.15) is 63.1 Å². The molecule has 0 aliphatic heterocycles. The highest BCUT2D eigenvalue weighted by Crippen LogP contribution is 2.19. The van der Waals surface area contributed by atoms with E-state index in [2.05, 4.69) is 63.1 Å². The molecule has 0 radical (unpaired) electrons. The van der Waals surface area contributed by atoms with E-state index in [0.717, 1.165) is 11.5 Å². The Balaban J connectivity index is 3.69.